The van der Waals surface area contributed by atoms with E-state index in [9.17, 15) is 0 Å². The largest absolute Gasteiger partial charge is 0.380 e. The monoisotopic (exact) mass is 277 g/mol. The van der Waals surface area contributed by atoms with Gasteiger partial charge in [0.15, 0.2) is 0 Å². The molecule has 0 bridgehead atoms. The molecule has 0 amide bonds. The van der Waals surface area contributed by atoms with Crippen LogP contribution in [-0.4, -0.2) is 13.2 Å². The molecule has 0 heterocycles. The summed E-state index contributed by atoms with van der Waals surface area (Å²) in [5.74, 6) is 0. The summed E-state index contributed by atoms with van der Waals surface area (Å²) in [6, 6.07) is 5.58. The highest BCUT2D eigenvalue weighted by molar-refractivity contribution is 9.10. The van der Waals surface area contributed by atoms with E-state index in [4.69, 9.17) is 22.1 Å². The highest BCUT2D eigenvalue weighted by Crippen LogP contribution is 2.25. The number of hydrogen-bond donors (Lipinski definition) is 1. The Balaban J connectivity index is 2.70. The minimum Gasteiger partial charge on any atom is -0.380 e. The van der Waals surface area contributed by atoms with Crippen molar-refractivity contribution in [3.8, 4) is 0 Å². The molecule has 1 rings (SSSR count). The Kier molecular flexibility index (Phi) is 4.89. The molecule has 1 atom stereocenters. The highest BCUT2D eigenvalue weighted by Gasteiger charge is 2.07. The molecule has 78 valence electrons. The Morgan fingerprint density at radius 1 is 1.57 bits per heavy atom. The standard InChI is InChI=1S/C10H13BrClNO/c1-2-14-6-10(13)7-3-4-8(11)9(12)5-7/h3-5,10H,2,6,13H2,1H3. The zero-order chi connectivity index (χ0) is 10.6. The molecule has 0 fully saturated rings. The van der Waals surface area contributed by atoms with Gasteiger partial charge in [-0.05, 0) is 40.5 Å². The lowest BCUT2D eigenvalue weighted by Crippen LogP contribution is -2.17. The van der Waals surface area contributed by atoms with Crippen LogP contribution in [0.25, 0.3) is 0 Å². The fraction of sp³-hybridized carbons (Fsp3) is 0.400. The molecule has 0 spiro atoms. The molecule has 4 heteroatoms. The predicted molar refractivity (Wildman–Crippen MR) is 62.6 cm³/mol. The van der Waals surface area contributed by atoms with Crippen LogP contribution in [0.1, 0.15) is 18.5 Å². The molecule has 0 aliphatic rings. The molecule has 0 radical (unpaired) electrons. The Hall–Kier alpha value is -0.0900. The second-order valence-corrected chi connectivity index (χ2v) is 4.20. The Morgan fingerprint density at radius 3 is 2.86 bits per heavy atom. The van der Waals surface area contributed by atoms with Crippen LogP contribution in [0, 0.1) is 0 Å². The lowest BCUT2D eigenvalue weighted by Gasteiger charge is -2.12. The lowest BCUT2D eigenvalue weighted by atomic mass is 10.1. The van der Waals surface area contributed by atoms with Crippen molar-refractivity contribution in [1.29, 1.82) is 0 Å². The van der Waals surface area contributed by atoms with Gasteiger partial charge in [-0.3, -0.25) is 0 Å². The van der Waals surface area contributed by atoms with E-state index in [0.29, 0.717) is 18.2 Å². The molecule has 2 N–H and O–H groups in total. The van der Waals surface area contributed by atoms with E-state index in [1.807, 2.05) is 25.1 Å². The molecule has 0 saturated carbocycles. The van der Waals surface area contributed by atoms with E-state index in [2.05, 4.69) is 15.9 Å². The number of ether oxygens (including phenoxy) is 1. The molecular formula is C10H13BrClNO. The lowest BCUT2D eigenvalue weighted by molar-refractivity contribution is 0.133. The van der Waals surface area contributed by atoms with Gasteiger partial charge in [0, 0.05) is 11.1 Å². The molecule has 14 heavy (non-hydrogen) atoms. The number of rotatable bonds is 4. The summed E-state index contributed by atoms with van der Waals surface area (Å²) >= 11 is 9.28. The fourth-order valence-electron chi connectivity index (χ4n) is 1.08. The Labute approximate surface area is 97.5 Å². The summed E-state index contributed by atoms with van der Waals surface area (Å²) in [4.78, 5) is 0. The number of nitrogens with two attached hydrogens (primary N) is 1. The first-order valence-corrected chi connectivity index (χ1v) is 5.60. The molecule has 1 aromatic rings. The maximum Gasteiger partial charge on any atom is 0.0659 e. The van der Waals surface area contributed by atoms with Gasteiger partial charge < -0.3 is 10.5 Å². The van der Waals surface area contributed by atoms with Crippen molar-refractivity contribution >= 4 is 27.5 Å². The molecule has 0 aromatic heterocycles. The highest BCUT2D eigenvalue weighted by atomic mass is 79.9. The predicted octanol–water partition coefficient (Wildman–Crippen LogP) is 3.14. The molecule has 1 unspecified atom stereocenters. The summed E-state index contributed by atoms with van der Waals surface area (Å²) in [6.45, 7) is 3.15. The SMILES string of the molecule is CCOCC(N)c1ccc(Br)c(Cl)c1. The number of hydrogen-bond acceptors (Lipinski definition) is 2. The van der Waals surface area contributed by atoms with Crippen molar-refractivity contribution in [2.45, 2.75) is 13.0 Å². The van der Waals surface area contributed by atoms with Crippen molar-refractivity contribution in [3.63, 3.8) is 0 Å². The van der Waals surface area contributed by atoms with Crippen LogP contribution in [0.4, 0.5) is 0 Å². The zero-order valence-corrected chi connectivity index (χ0v) is 10.3. The zero-order valence-electron chi connectivity index (χ0n) is 7.97. The summed E-state index contributed by atoms with van der Waals surface area (Å²) in [5, 5.41) is 0.675. The molecule has 0 saturated heterocycles. The van der Waals surface area contributed by atoms with Gasteiger partial charge in [-0.2, -0.15) is 0 Å². The maximum atomic E-state index is 5.95. The van der Waals surface area contributed by atoms with Gasteiger partial charge >= 0.3 is 0 Å². The van der Waals surface area contributed by atoms with Crippen LogP contribution >= 0.6 is 27.5 Å². The quantitative estimate of drug-likeness (QED) is 0.918. The van der Waals surface area contributed by atoms with Crippen molar-refractivity contribution in [1.82, 2.24) is 0 Å². The minimum absolute atomic E-state index is 0.111. The maximum absolute atomic E-state index is 5.95. The second kappa shape index (κ2) is 5.71. The van der Waals surface area contributed by atoms with Crippen molar-refractivity contribution in [2.24, 2.45) is 5.73 Å². The van der Waals surface area contributed by atoms with Crippen LogP contribution in [0.15, 0.2) is 22.7 Å². The first-order chi connectivity index (χ1) is 6.65. The Morgan fingerprint density at radius 2 is 2.29 bits per heavy atom. The third-order valence-electron chi connectivity index (χ3n) is 1.87. The van der Waals surface area contributed by atoms with Crippen LogP contribution in [0.2, 0.25) is 5.02 Å². The molecule has 0 aliphatic carbocycles. The molecule has 1 aromatic carbocycles. The number of benzene rings is 1. The van der Waals surface area contributed by atoms with Gasteiger partial charge in [0.25, 0.3) is 0 Å². The smallest absolute Gasteiger partial charge is 0.0659 e. The first-order valence-electron chi connectivity index (χ1n) is 4.43. The summed E-state index contributed by atoms with van der Waals surface area (Å²) in [7, 11) is 0. The molecular weight excluding hydrogens is 265 g/mol. The van der Waals surface area contributed by atoms with Crippen LogP contribution in [0.5, 0.6) is 0 Å². The van der Waals surface area contributed by atoms with Gasteiger partial charge in [-0.25, -0.2) is 0 Å². The summed E-state index contributed by atoms with van der Waals surface area (Å²) < 4.78 is 6.12. The van der Waals surface area contributed by atoms with Crippen LogP contribution in [-0.2, 0) is 4.74 Å². The fourth-order valence-corrected chi connectivity index (χ4v) is 1.52. The van der Waals surface area contributed by atoms with Crippen LogP contribution < -0.4 is 5.73 Å². The average molecular weight is 279 g/mol. The van der Waals surface area contributed by atoms with E-state index in [1.54, 1.807) is 0 Å². The van der Waals surface area contributed by atoms with Gasteiger partial charge in [0.05, 0.1) is 17.7 Å². The molecule has 0 aliphatic heterocycles. The molecule has 2 nitrogen and oxygen atoms in total. The van der Waals surface area contributed by atoms with Gasteiger partial charge in [0.1, 0.15) is 0 Å². The van der Waals surface area contributed by atoms with E-state index in [0.717, 1.165) is 10.0 Å². The van der Waals surface area contributed by atoms with Crippen LogP contribution in [0.3, 0.4) is 0 Å². The normalized spacial score (nSPS) is 12.9. The number of halogens is 2. The van der Waals surface area contributed by atoms with E-state index >= 15 is 0 Å². The third-order valence-corrected chi connectivity index (χ3v) is 3.11. The third kappa shape index (κ3) is 3.24. The van der Waals surface area contributed by atoms with E-state index in [1.165, 1.54) is 0 Å². The second-order valence-electron chi connectivity index (χ2n) is 2.94. The van der Waals surface area contributed by atoms with E-state index in [-0.39, 0.29) is 6.04 Å². The first kappa shape index (κ1) is 12.0. The Bertz CT molecular complexity index is 306. The van der Waals surface area contributed by atoms with Gasteiger partial charge in [0.2, 0.25) is 0 Å². The minimum atomic E-state index is -0.111. The van der Waals surface area contributed by atoms with Crippen molar-refractivity contribution in [2.75, 3.05) is 13.2 Å². The van der Waals surface area contributed by atoms with Crippen molar-refractivity contribution in [3.05, 3.63) is 33.3 Å². The van der Waals surface area contributed by atoms with Gasteiger partial charge in [-0.1, -0.05) is 17.7 Å². The summed E-state index contributed by atoms with van der Waals surface area (Å²) in [5.41, 5.74) is 6.89. The average Bonchev–Trinajstić information content (AvgIpc) is 2.18. The summed E-state index contributed by atoms with van der Waals surface area (Å²) in [6.07, 6.45) is 0. The van der Waals surface area contributed by atoms with Gasteiger partial charge in [-0.15, -0.1) is 0 Å². The topological polar surface area (TPSA) is 35.2 Å². The van der Waals surface area contributed by atoms with Crippen molar-refractivity contribution < 1.29 is 4.74 Å². The van der Waals surface area contributed by atoms with E-state index < -0.39 is 0 Å².